The highest BCUT2D eigenvalue weighted by Gasteiger charge is 2.23. The van der Waals surface area contributed by atoms with E-state index < -0.39 is 0 Å². The molecule has 2 aromatic rings. The van der Waals surface area contributed by atoms with E-state index in [-0.39, 0.29) is 5.91 Å². The number of nitrogens with zero attached hydrogens (tertiary/aromatic N) is 2. The molecule has 3 rings (SSSR count). The highest BCUT2D eigenvalue weighted by atomic mass is 79.9. The molecule has 0 aromatic heterocycles. The SMILES string of the molecule is Cc1ccc(Cl)cc1N1CCN(C(=O)c2ccc(Br)cc2)CC1. The zero-order valence-corrected chi connectivity index (χ0v) is 15.3. The Kier molecular flexibility index (Phi) is 4.93. The number of hydrogen-bond donors (Lipinski definition) is 0. The van der Waals surface area contributed by atoms with Gasteiger partial charge >= 0.3 is 0 Å². The number of carbonyl (C=O) groups excluding carboxylic acids is 1. The second-order valence-corrected chi connectivity index (χ2v) is 7.07. The van der Waals surface area contributed by atoms with Crippen LogP contribution in [0.3, 0.4) is 0 Å². The van der Waals surface area contributed by atoms with Crippen LogP contribution in [0.15, 0.2) is 46.9 Å². The fraction of sp³-hybridized carbons (Fsp3) is 0.278. The van der Waals surface area contributed by atoms with Crippen LogP contribution in [-0.4, -0.2) is 37.0 Å². The summed E-state index contributed by atoms with van der Waals surface area (Å²) in [6.07, 6.45) is 0. The number of piperazine rings is 1. The first-order valence-electron chi connectivity index (χ1n) is 7.60. The van der Waals surface area contributed by atoms with Crippen molar-refractivity contribution < 1.29 is 4.79 Å². The van der Waals surface area contributed by atoms with Crippen molar-refractivity contribution in [2.45, 2.75) is 6.92 Å². The van der Waals surface area contributed by atoms with E-state index in [2.05, 4.69) is 27.8 Å². The summed E-state index contributed by atoms with van der Waals surface area (Å²) in [5, 5.41) is 0.749. The van der Waals surface area contributed by atoms with Gasteiger partial charge in [0.2, 0.25) is 0 Å². The summed E-state index contributed by atoms with van der Waals surface area (Å²) in [6, 6.07) is 13.5. The monoisotopic (exact) mass is 392 g/mol. The maximum Gasteiger partial charge on any atom is 0.253 e. The van der Waals surface area contributed by atoms with Gasteiger partial charge in [-0.05, 0) is 48.9 Å². The molecule has 1 amide bonds. The van der Waals surface area contributed by atoms with Crippen molar-refractivity contribution in [3.8, 4) is 0 Å². The van der Waals surface area contributed by atoms with Gasteiger partial charge in [0.15, 0.2) is 0 Å². The van der Waals surface area contributed by atoms with Gasteiger partial charge in [-0.3, -0.25) is 4.79 Å². The smallest absolute Gasteiger partial charge is 0.253 e. The van der Waals surface area contributed by atoms with Gasteiger partial charge in [0, 0.05) is 46.9 Å². The number of carbonyl (C=O) groups is 1. The molecule has 2 aromatic carbocycles. The Morgan fingerprint density at radius 1 is 1.04 bits per heavy atom. The van der Waals surface area contributed by atoms with Crippen molar-refractivity contribution in [1.82, 2.24) is 4.90 Å². The molecular weight excluding hydrogens is 376 g/mol. The third-order valence-electron chi connectivity index (χ3n) is 4.17. The number of amides is 1. The highest BCUT2D eigenvalue weighted by Crippen LogP contribution is 2.25. The van der Waals surface area contributed by atoms with E-state index in [0.717, 1.165) is 46.9 Å². The maximum absolute atomic E-state index is 12.5. The molecule has 1 aliphatic heterocycles. The molecule has 0 bridgehead atoms. The third-order valence-corrected chi connectivity index (χ3v) is 4.93. The van der Waals surface area contributed by atoms with E-state index in [4.69, 9.17) is 11.6 Å². The minimum absolute atomic E-state index is 0.0972. The number of benzene rings is 2. The van der Waals surface area contributed by atoms with E-state index in [1.165, 1.54) is 5.56 Å². The normalized spacial score (nSPS) is 14.9. The summed E-state index contributed by atoms with van der Waals surface area (Å²) >= 11 is 9.51. The number of anilines is 1. The molecule has 1 heterocycles. The second kappa shape index (κ2) is 6.93. The number of halogens is 2. The van der Waals surface area contributed by atoms with Crippen molar-refractivity contribution >= 4 is 39.1 Å². The van der Waals surface area contributed by atoms with Crippen LogP contribution in [0.25, 0.3) is 0 Å². The van der Waals surface area contributed by atoms with Crippen molar-refractivity contribution in [2.75, 3.05) is 31.1 Å². The van der Waals surface area contributed by atoms with Gasteiger partial charge < -0.3 is 9.80 Å². The molecular formula is C18H18BrClN2O. The predicted molar refractivity (Wildman–Crippen MR) is 98.4 cm³/mol. The molecule has 0 spiro atoms. The Bertz CT molecular complexity index is 709. The predicted octanol–water partition coefficient (Wildman–Crippen LogP) is 4.37. The van der Waals surface area contributed by atoms with Crippen molar-refractivity contribution in [3.63, 3.8) is 0 Å². The molecule has 120 valence electrons. The van der Waals surface area contributed by atoms with Crippen LogP contribution < -0.4 is 4.90 Å². The molecule has 0 saturated carbocycles. The van der Waals surface area contributed by atoms with Gasteiger partial charge in [-0.25, -0.2) is 0 Å². The summed E-state index contributed by atoms with van der Waals surface area (Å²) in [4.78, 5) is 16.8. The first-order valence-corrected chi connectivity index (χ1v) is 8.77. The molecule has 23 heavy (non-hydrogen) atoms. The zero-order valence-electron chi connectivity index (χ0n) is 12.9. The lowest BCUT2D eigenvalue weighted by Gasteiger charge is -2.37. The van der Waals surface area contributed by atoms with Crippen LogP contribution in [0.5, 0.6) is 0 Å². The fourth-order valence-electron chi connectivity index (χ4n) is 2.85. The quantitative estimate of drug-likeness (QED) is 0.756. The summed E-state index contributed by atoms with van der Waals surface area (Å²) < 4.78 is 0.982. The van der Waals surface area contributed by atoms with Crippen LogP contribution in [0, 0.1) is 6.92 Å². The summed E-state index contributed by atoms with van der Waals surface area (Å²) in [5.74, 6) is 0.0972. The summed E-state index contributed by atoms with van der Waals surface area (Å²) in [5.41, 5.74) is 3.11. The van der Waals surface area contributed by atoms with Crippen molar-refractivity contribution in [1.29, 1.82) is 0 Å². The van der Waals surface area contributed by atoms with Crippen LogP contribution >= 0.6 is 27.5 Å². The molecule has 5 heteroatoms. The lowest BCUT2D eigenvalue weighted by molar-refractivity contribution is 0.0747. The summed E-state index contributed by atoms with van der Waals surface area (Å²) in [7, 11) is 0. The van der Waals surface area contributed by atoms with Crippen LogP contribution in [0.1, 0.15) is 15.9 Å². The number of aryl methyl sites for hydroxylation is 1. The molecule has 0 radical (unpaired) electrons. The standard InChI is InChI=1S/C18H18BrClN2O/c1-13-2-7-16(20)12-17(13)21-8-10-22(11-9-21)18(23)14-3-5-15(19)6-4-14/h2-7,12H,8-11H2,1H3. The Morgan fingerprint density at radius 3 is 2.35 bits per heavy atom. The van der Waals surface area contributed by atoms with Gasteiger partial charge in [-0.2, -0.15) is 0 Å². The summed E-state index contributed by atoms with van der Waals surface area (Å²) in [6.45, 7) is 5.18. The van der Waals surface area contributed by atoms with E-state index >= 15 is 0 Å². The Balaban J connectivity index is 1.67. The van der Waals surface area contributed by atoms with Gasteiger partial charge in [0.05, 0.1) is 0 Å². The minimum Gasteiger partial charge on any atom is -0.368 e. The van der Waals surface area contributed by atoms with Crippen molar-refractivity contribution in [2.24, 2.45) is 0 Å². The molecule has 0 N–H and O–H groups in total. The van der Waals surface area contributed by atoms with Crippen LogP contribution in [0.2, 0.25) is 5.02 Å². The van der Waals surface area contributed by atoms with E-state index in [0.29, 0.717) is 0 Å². The topological polar surface area (TPSA) is 23.6 Å². The fourth-order valence-corrected chi connectivity index (χ4v) is 3.28. The average molecular weight is 394 g/mol. The Hall–Kier alpha value is -1.52. The van der Waals surface area contributed by atoms with E-state index in [1.54, 1.807) is 0 Å². The molecule has 0 atom stereocenters. The first-order chi connectivity index (χ1) is 11.0. The lowest BCUT2D eigenvalue weighted by Crippen LogP contribution is -2.49. The largest absolute Gasteiger partial charge is 0.368 e. The average Bonchev–Trinajstić information content (AvgIpc) is 2.57. The minimum atomic E-state index is 0.0972. The van der Waals surface area contributed by atoms with Gasteiger partial charge in [0.1, 0.15) is 0 Å². The van der Waals surface area contributed by atoms with Gasteiger partial charge in [-0.15, -0.1) is 0 Å². The van der Waals surface area contributed by atoms with Gasteiger partial charge in [0.25, 0.3) is 5.91 Å². The highest BCUT2D eigenvalue weighted by molar-refractivity contribution is 9.10. The Morgan fingerprint density at radius 2 is 1.70 bits per heavy atom. The van der Waals surface area contributed by atoms with Crippen LogP contribution in [-0.2, 0) is 0 Å². The molecule has 1 saturated heterocycles. The molecule has 1 fully saturated rings. The first kappa shape index (κ1) is 16.3. The van der Waals surface area contributed by atoms with Gasteiger partial charge in [-0.1, -0.05) is 33.6 Å². The molecule has 0 unspecified atom stereocenters. The third kappa shape index (κ3) is 3.70. The number of rotatable bonds is 2. The number of hydrogen-bond acceptors (Lipinski definition) is 2. The second-order valence-electron chi connectivity index (χ2n) is 5.72. The van der Waals surface area contributed by atoms with E-state index in [1.807, 2.05) is 47.4 Å². The van der Waals surface area contributed by atoms with Crippen molar-refractivity contribution in [3.05, 3.63) is 63.1 Å². The van der Waals surface area contributed by atoms with E-state index in [9.17, 15) is 4.79 Å². The molecule has 0 aliphatic carbocycles. The molecule has 3 nitrogen and oxygen atoms in total. The maximum atomic E-state index is 12.5. The lowest BCUT2D eigenvalue weighted by atomic mass is 10.1. The zero-order chi connectivity index (χ0) is 16.4. The Labute approximate surface area is 150 Å². The van der Waals surface area contributed by atoms with Crippen LogP contribution in [0.4, 0.5) is 5.69 Å². The molecule has 1 aliphatic rings.